The quantitative estimate of drug-likeness (QED) is 0.742. The monoisotopic (exact) mass is 339 g/mol. The van der Waals surface area contributed by atoms with E-state index in [1.165, 1.54) is 10.9 Å². The van der Waals surface area contributed by atoms with Crippen molar-refractivity contribution in [1.29, 1.82) is 0 Å². The van der Waals surface area contributed by atoms with Gasteiger partial charge in [-0.1, -0.05) is 11.3 Å². The van der Waals surface area contributed by atoms with Gasteiger partial charge in [-0.15, -0.1) is 5.10 Å². The average molecular weight is 339 g/mol. The summed E-state index contributed by atoms with van der Waals surface area (Å²) in [7, 11) is 0. The number of likely N-dealkylation sites (tertiary alicyclic amines) is 1. The van der Waals surface area contributed by atoms with Gasteiger partial charge in [0, 0.05) is 31.2 Å². The number of aliphatic hydroxyl groups is 1. The molecule has 25 heavy (non-hydrogen) atoms. The number of hydrogen-bond acceptors (Lipinski definition) is 4. The highest BCUT2D eigenvalue weighted by Gasteiger charge is 2.32. The topological polar surface area (TPSA) is 87.0 Å². The lowest BCUT2D eigenvalue weighted by molar-refractivity contribution is -0.137. The maximum Gasteiger partial charge on any atom is 0.223 e. The minimum atomic E-state index is -0.621. The zero-order valence-corrected chi connectivity index (χ0v) is 14.1. The first-order chi connectivity index (χ1) is 12.1. The van der Waals surface area contributed by atoms with Gasteiger partial charge in [-0.3, -0.25) is 4.79 Å². The Balaban J connectivity index is 1.29. The van der Waals surface area contributed by atoms with Crippen molar-refractivity contribution in [1.82, 2.24) is 24.9 Å². The Morgan fingerprint density at radius 2 is 2.24 bits per heavy atom. The predicted octanol–water partition coefficient (Wildman–Crippen LogP) is 1.83. The lowest BCUT2D eigenvalue weighted by atomic mass is 10.0. The molecular formula is C18H21N5O2. The Bertz CT molecular complexity index is 892. The van der Waals surface area contributed by atoms with Crippen LogP contribution in [-0.2, 0) is 11.2 Å². The Morgan fingerprint density at radius 3 is 3.00 bits per heavy atom. The third-order valence-corrected chi connectivity index (χ3v) is 4.79. The van der Waals surface area contributed by atoms with E-state index in [-0.39, 0.29) is 11.9 Å². The number of aryl methyl sites for hydroxylation is 1. The van der Waals surface area contributed by atoms with E-state index < -0.39 is 6.10 Å². The molecule has 2 N–H and O–H groups in total. The first-order valence-electron chi connectivity index (χ1n) is 8.54. The summed E-state index contributed by atoms with van der Waals surface area (Å²) in [5.41, 5.74) is 2.85. The van der Waals surface area contributed by atoms with E-state index in [4.69, 9.17) is 0 Å². The number of carbonyl (C=O) groups is 1. The maximum atomic E-state index is 12.3. The molecule has 0 aliphatic carbocycles. The summed E-state index contributed by atoms with van der Waals surface area (Å²) in [5, 5.41) is 18.7. The number of rotatable bonds is 5. The van der Waals surface area contributed by atoms with Crippen LogP contribution in [0.4, 0.5) is 0 Å². The van der Waals surface area contributed by atoms with Crippen LogP contribution in [0.1, 0.15) is 36.7 Å². The lowest BCUT2D eigenvalue weighted by Gasteiger charge is -2.39. The van der Waals surface area contributed by atoms with Crippen LogP contribution in [-0.4, -0.2) is 49.0 Å². The number of aliphatic hydroxyl groups excluding tert-OH is 1. The molecular weight excluding hydrogens is 318 g/mol. The van der Waals surface area contributed by atoms with E-state index in [2.05, 4.69) is 33.5 Å². The number of amides is 1. The molecule has 1 atom stereocenters. The molecule has 1 aromatic carbocycles. The number of fused-ring (bicyclic) bond motifs is 1. The van der Waals surface area contributed by atoms with Crippen molar-refractivity contribution in [2.75, 3.05) is 13.1 Å². The van der Waals surface area contributed by atoms with Crippen LogP contribution in [0.15, 0.2) is 36.7 Å². The zero-order chi connectivity index (χ0) is 17.4. The van der Waals surface area contributed by atoms with E-state index in [1.54, 1.807) is 17.8 Å². The molecule has 1 aliphatic rings. The zero-order valence-electron chi connectivity index (χ0n) is 14.1. The van der Waals surface area contributed by atoms with Gasteiger partial charge in [0.15, 0.2) is 0 Å². The van der Waals surface area contributed by atoms with Gasteiger partial charge in [-0.25, -0.2) is 4.68 Å². The van der Waals surface area contributed by atoms with Gasteiger partial charge in [0.05, 0.1) is 18.3 Å². The van der Waals surface area contributed by atoms with Gasteiger partial charge in [-0.2, -0.15) is 0 Å². The molecule has 1 saturated heterocycles. The van der Waals surface area contributed by atoms with Crippen molar-refractivity contribution in [2.45, 2.75) is 31.9 Å². The maximum absolute atomic E-state index is 12.3. The molecule has 130 valence electrons. The molecule has 3 aromatic rings. The second-order valence-electron chi connectivity index (χ2n) is 6.65. The van der Waals surface area contributed by atoms with E-state index in [1.807, 2.05) is 17.2 Å². The number of aromatic amines is 1. The third kappa shape index (κ3) is 3.15. The average Bonchev–Trinajstić information content (AvgIpc) is 3.20. The summed E-state index contributed by atoms with van der Waals surface area (Å²) < 4.78 is 1.74. The van der Waals surface area contributed by atoms with E-state index >= 15 is 0 Å². The first-order valence-corrected chi connectivity index (χ1v) is 8.54. The molecule has 0 bridgehead atoms. The minimum Gasteiger partial charge on any atom is -0.387 e. The molecule has 0 spiro atoms. The van der Waals surface area contributed by atoms with Gasteiger partial charge >= 0.3 is 0 Å². The number of carbonyl (C=O) groups excluding carboxylic acids is 1. The Labute approximate surface area is 145 Å². The fraction of sp³-hybridized carbons (Fsp3) is 0.389. The highest BCUT2D eigenvalue weighted by Crippen LogP contribution is 2.23. The van der Waals surface area contributed by atoms with Crippen LogP contribution in [0, 0.1) is 0 Å². The summed E-state index contributed by atoms with van der Waals surface area (Å²) in [6.07, 6.45) is 4.31. The number of benzene rings is 1. The molecule has 3 heterocycles. The Kier molecular flexibility index (Phi) is 4.01. The molecule has 4 rings (SSSR count). The molecule has 7 heteroatoms. The second-order valence-corrected chi connectivity index (χ2v) is 6.65. The summed E-state index contributed by atoms with van der Waals surface area (Å²) in [4.78, 5) is 17.4. The van der Waals surface area contributed by atoms with E-state index in [0.717, 1.165) is 11.9 Å². The number of hydrogen-bond donors (Lipinski definition) is 2. The molecule has 0 saturated carbocycles. The number of H-pyrrole nitrogens is 1. The molecule has 7 nitrogen and oxygen atoms in total. The summed E-state index contributed by atoms with van der Waals surface area (Å²) in [5.74, 6) is 0.168. The summed E-state index contributed by atoms with van der Waals surface area (Å²) >= 11 is 0. The van der Waals surface area contributed by atoms with Crippen LogP contribution < -0.4 is 0 Å². The van der Waals surface area contributed by atoms with Crippen molar-refractivity contribution in [2.24, 2.45) is 0 Å². The van der Waals surface area contributed by atoms with Gasteiger partial charge in [0.25, 0.3) is 0 Å². The first kappa shape index (κ1) is 15.8. The standard InChI is InChI=1S/C18H21N5O2/c1-12(24)17-11-23(21-20-17)15-9-22(10-15)18(25)5-3-13-2-4-16-14(8-13)6-7-19-16/h2,4,6-8,11-12,15,19,24H,3,5,9-10H2,1H3. The number of nitrogens with zero attached hydrogens (tertiary/aromatic N) is 4. The second kappa shape index (κ2) is 6.33. The smallest absolute Gasteiger partial charge is 0.223 e. The van der Waals surface area contributed by atoms with E-state index in [9.17, 15) is 9.90 Å². The molecule has 0 radical (unpaired) electrons. The summed E-state index contributed by atoms with van der Waals surface area (Å²) in [6.45, 7) is 2.96. The number of nitrogens with one attached hydrogen (secondary N) is 1. The number of aromatic nitrogens is 4. The molecule has 2 aromatic heterocycles. The Hall–Kier alpha value is -2.67. The highest BCUT2D eigenvalue weighted by atomic mass is 16.3. The van der Waals surface area contributed by atoms with Gasteiger partial charge in [-0.05, 0) is 42.5 Å². The van der Waals surface area contributed by atoms with Crippen LogP contribution in [0.2, 0.25) is 0 Å². The fourth-order valence-corrected chi connectivity index (χ4v) is 3.15. The fourth-order valence-electron chi connectivity index (χ4n) is 3.15. The Morgan fingerprint density at radius 1 is 1.40 bits per heavy atom. The van der Waals surface area contributed by atoms with Crippen molar-refractivity contribution < 1.29 is 9.90 Å². The van der Waals surface area contributed by atoms with Crippen LogP contribution in [0.25, 0.3) is 10.9 Å². The molecule has 1 aliphatic heterocycles. The van der Waals surface area contributed by atoms with Crippen molar-refractivity contribution in [3.8, 4) is 0 Å². The van der Waals surface area contributed by atoms with Crippen LogP contribution >= 0.6 is 0 Å². The van der Waals surface area contributed by atoms with Crippen LogP contribution in [0.3, 0.4) is 0 Å². The van der Waals surface area contributed by atoms with Crippen LogP contribution in [0.5, 0.6) is 0 Å². The molecule has 1 amide bonds. The minimum absolute atomic E-state index is 0.153. The van der Waals surface area contributed by atoms with Crippen molar-refractivity contribution in [3.63, 3.8) is 0 Å². The predicted molar refractivity (Wildman–Crippen MR) is 92.9 cm³/mol. The largest absolute Gasteiger partial charge is 0.387 e. The van der Waals surface area contributed by atoms with E-state index in [0.29, 0.717) is 25.2 Å². The van der Waals surface area contributed by atoms with Crippen molar-refractivity contribution >= 4 is 16.8 Å². The van der Waals surface area contributed by atoms with Crippen molar-refractivity contribution in [3.05, 3.63) is 47.9 Å². The van der Waals surface area contributed by atoms with Gasteiger partial charge < -0.3 is 15.0 Å². The SMILES string of the molecule is CC(O)c1cn(C2CN(C(=O)CCc3ccc4[nH]ccc4c3)C2)nn1. The normalized spacial score (nSPS) is 16.2. The van der Waals surface area contributed by atoms with Gasteiger partial charge in [0.2, 0.25) is 5.91 Å². The summed E-state index contributed by atoms with van der Waals surface area (Å²) in [6, 6.07) is 8.45. The molecule has 1 fully saturated rings. The molecule has 1 unspecified atom stereocenters. The lowest BCUT2D eigenvalue weighted by Crippen LogP contribution is -2.51. The third-order valence-electron chi connectivity index (χ3n) is 4.79. The van der Waals surface area contributed by atoms with Gasteiger partial charge in [0.1, 0.15) is 5.69 Å². The highest BCUT2D eigenvalue weighted by molar-refractivity contribution is 5.80.